The molecule has 0 aliphatic carbocycles. The SMILES string of the molecule is CCc1cccc(C)c1-n1c(C)cc(/C=N\NC(=O)CSc2ccc([N+](=O)[O-])cc2)c1C. The quantitative estimate of drug-likeness (QED) is 0.223. The molecule has 2 aromatic carbocycles. The van der Waals surface area contributed by atoms with Crippen molar-refractivity contribution in [2.45, 2.75) is 39.0 Å². The van der Waals surface area contributed by atoms with Gasteiger partial charge in [-0.15, -0.1) is 11.8 Å². The first-order chi connectivity index (χ1) is 15.3. The molecule has 0 unspecified atom stereocenters. The Bertz CT molecular complexity index is 1170. The van der Waals surface area contributed by atoms with E-state index in [0.717, 1.165) is 28.3 Å². The van der Waals surface area contributed by atoms with E-state index in [0.29, 0.717) is 0 Å². The first kappa shape index (κ1) is 23.3. The molecule has 32 heavy (non-hydrogen) atoms. The summed E-state index contributed by atoms with van der Waals surface area (Å²) in [5, 5.41) is 14.8. The Kier molecular flexibility index (Phi) is 7.48. The van der Waals surface area contributed by atoms with Gasteiger partial charge in [0.05, 0.1) is 22.6 Å². The number of nitrogens with zero attached hydrogens (tertiary/aromatic N) is 3. The zero-order valence-corrected chi connectivity index (χ0v) is 19.4. The van der Waals surface area contributed by atoms with Crippen molar-refractivity contribution in [2.75, 3.05) is 5.75 Å². The maximum absolute atomic E-state index is 12.1. The number of hydrogen-bond donors (Lipinski definition) is 1. The van der Waals surface area contributed by atoms with E-state index in [4.69, 9.17) is 0 Å². The molecule has 0 fully saturated rings. The van der Waals surface area contributed by atoms with Crippen molar-refractivity contribution in [3.8, 4) is 5.69 Å². The Balaban J connectivity index is 1.66. The van der Waals surface area contributed by atoms with Gasteiger partial charge < -0.3 is 4.57 Å². The second-order valence-electron chi connectivity index (χ2n) is 7.43. The summed E-state index contributed by atoms with van der Waals surface area (Å²) in [7, 11) is 0. The Morgan fingerprint density at radius 1 is 1.19 bits per heavy atom. The second kappa shape index (κ2) is 10.3. The van der Waals surface area contributed by atoms with Gasteiger partial charge in [-0.2, -0.15) is 5.10 Å². The zero-order valence-electron chi connectivity index (χ0n) is 18.6. The third-order valence-corrected chi connectivity index (χ3v) is 6.22. The van der Waals surface area contributed by atoms with Crippen molar-refractivity contribution in [1.29, 1.82) is 0 Å². The minimum atomic E-state index is -0.449. The van der Waals surface area contributed by atoms with Gasteiger partial charge in [0.25, 0.3) is 5.69 Å². The number of rotatable bonds is 8. The fraction of sp³-hybridized carbons (Fsp3) is 0.250. The number of nitro groups is 1. The lowest BCUT2D eigenvalue weighted by Crippen LogP contribution is -2.19. The normalized spacial score (nSPS) is 11.1. The lowest BCUT2D eigenvalue weighted by molar-refractivity contribution is -0.384. The molecule has 1 aromatic heterocycles. The number of nitro benzene ring substituents is 1. The van der Waals surface area contributed by atoms with Crippen LogP contribution in [0.3, 0.4) is 0 Å². The minimum Gasteiger partial charge on any atom is -0.317 e. The number of thioether (sulfide) groups is 1. The van der Waals surface area contributed by atoms with Gasteiger partial charge in [-0.05, 0) is 56.5 Å². The van der Waals surface area contributed by atoms with E-state index in [-0.39, 0.29) is 17.3 Å². The molecule has 0 saturated carbocycles. The summed E-state index contributed by atoms with van der Waals surface area (Å²) in [5.41, 5.74) is 9.38. The van der Waals surface area contributed by atoms with Crippen molar-refractivity contribution < 1.29 is 9.72 Å². The predicted octanol–water partition coefficient (Wildman–Crippen LogP) is 5.12. The van der Waals surface area contributed by atoms with Crippen LogP contribution in [0.4, 0.5) is 5.69 Å². The van der Waals surface area contributed by atoms with Gasteiger partial charge in [0.2, 0.25) is 5.91 Å². The topological polar surface area (TPSA) is 89.5 Å². The van der Waals surface area contributed by atoms with Crippen LogP contribution in [0.15, 0.2) is 58.5 Å². The average molecular weight is 451 g/mol. The number of carbonyl (C=O) groups is 1. The standard InChI is InChI=1S/C24H26N4O3S/c1-5-19-8-6-7-16(2)24(19)27-17(3)13-20(18(27)4)14-25-26-23(29)15-32-22-11-9-21(10-12-22)28(30)31/h6-14H,5,15H2,1-4H3,(H,26,29)/b25-14-. The number of benzene rings is 2. The molecule has 166 valence electrons. The molecular formula is C24H26N4O3S. The molecule has 8 heteroatoms. The number of aryl methyl sites for hydroxylation is 3. The molecule has 0 spiro atoms. The molecule has 3 aromatic rings. The number of para-hydroxylation sites is 1. The van der Waals surface area contributed by atoms with E-state index in [1.807, 2.05) is 6.92 Å². The number of amides is 1. The van der Waals surface area contributed by atoms with Gasteiger partial charge in [0, 0.05) is 34.0 Å². The molecule has 1 amide bonds. The monoisotopic (exact) mass is 450 g/mol. The Morgan fingerprint density at radius 3 is 2.56 bits per heavy atom. The van der Waals surface area contributed by atoms with E-state index in [1.54, 1.807) is 18.3 Å². The van der Waals surface area contributed by atoms with Gasteiger partial charge in [0.15, 0.2) is 0 Å². The summed E-state index contributed by atoms with van der Waals surface area (Å²) in [6.07, 6.45) is 2.61. The molecule has 0 aliphatic rings. The van der Waals surface area contributed by atoms with Crippen LogP contribution in [0.2, 0.25) is 0 Å². The highest BCUT2D eigenvalue weighted by molar-refractivity contribution is 8.00. The number of non-ortho nitro benzene ring substituents is 1. The third-order valence-electron chi connectivity index (χ3n) is 5.21. The molecule has 0 saturated heterocycles. The van der Waals surface area contributed by atoms with Crippen molar-refractivity contribution in [2.24, 2.45) is 5.10 Å². The van der Waals surface area contributed by atoms with Crippen LogP contribution >= 0.6 is 11.8 Å². The fourth-order valence-corrected chi connectivity index (χ4v) is 4.30. The lowest BCUT2D eigenvalue weighted by atomic mass is 10.1. The largest absolute Gasteiger partial charge is 0.317 e. The third kappa shape index (κ3) is 5.26. The Morgan fingerprint density at radius 2 is 1.91 bits per heavy atom. The maximum atomic E-state index is 12.1. The van der Waals surface area contributed by atoms with Crippen molar-refractivity contribution in [3.05, 3.63) is 86.7 Å². The summed E-state index contributed by atoms with van der Waals surface area (Å²) < 4.78 is 2.24. The molecular weight excluding hydrogens is 424 g/mol. The number of carbonyl (C=O) groups excluding carboxylic acids is 1. The summed E-state index contributed by atoms with van der Waals surface area (Å²) in [5.74, 6) is -0.0809. The average Bonchev–Trinajstić information content (AvgIpc) is 3.05. The van der Waals surface area contributed by atoms with Crippen LogP contribution in [-0.4, -0.2) is 27.4 Å². The zero-order chi connectivity index (χ0) is 23.3. The number of hydrogen-bond acceptors (Lipinski definition) is 5. The molecule has 0 radical (unpaired) electrons. The maximum Gasteiger partial charge on any atom is 0.269 e. The van der Waals surface area contributed by atoms with Crippen LogP contribution in [0.1, 0.15) is 35.0 Å². The van der Waals surface area contributed by atoms with Gasteiger partial charge >= 0.3 is 0 Å². The smallest absolute Gasteiger partial charge is 0.269 e. The van der Waals surface area contributed by atoms with E-state index < -0.39 is 4.92 Å². The summed E-state index contributed by atoms with van der Waals surface area (Å²) in [4.78, 5) is 23.2. The van der Waals surface area contributed by atoms with E-state index in [9.17, 15) is 14.9 Å². The highest BCUT2D eigenvalue weighted by Crippen LogP contribution is 2.26. The van der Waals surface area contributed by atoms with Crippen LogP contribution in [0.25, 0.3) is 5.69 Å². The number of aromatic nitrogens is 1. The molecule has 0 bridgehead atoms. The van der Waals surface area contributed by atoms with Gasteiger partial charge in [0.1, 0.15) is 0 Å². The molecule has 0 atom stereocenters. The Labute approximate surface area is 191 Å². The second-order valence-corrected chi connectivity index (χ2v) is 8.48. The van der Waals surface area contributed by atoms with E-state index in [1.165, 1.54) is 40.7 Å². The van der Waals surface area contributed by atoms with Crippen molar-refractivity contribution in [3.63, 3.8) is 0 Å². The molecule has 3 rings (SSSR count). The predicted molar refractivity (Wildman–Crippen MR) is 129 cm³/mol. The fourth-order valence-electron chi connectivity index (χ4n) is 3.61. The first-order valence-electron chi connectivity index (χ1n) is 10.3. The number of nitrogens with one attached hydrogen (secondary N) is 1. The summed E-state index contributed by atoms with van der Waals surface area (Å²) >= 11 is 1.30. The van der Waals surface area contributed by atoms with Crippen LogP contribution in [0.5, 0.6) is 0 Å². The van der Waals surface area contributed by atoms with Crippen LogP contribution in [-0.2, 0) is 11.2 Å². The van der Waals surface area contributed by atoms with E-state index >= 15 is 0 Å². The molecule has 7 nitrogen and oxygen atoms in total. The van der Waals surface area contributed by atoms with Gasteiger partial charge in [-0.3, -0.25) is 14.9 Å². The van der Waals surface area contributed by atoms with Crippen molar-refractivity contribution in [1.82, 2.24) is 9.99 Å². The first-order valence-corrected chi connectivity index (χ1v) is 11.3. The Hall–Kier alpha value is -3.39. The highest BCUT2D eigenvalue weighted by Gasteiger charge is 2.14. The van der Waals surface area contributed by atoms with E-state index in [2.05, 4.69) is 60.1 Å². The van der Waals surface area contributed by atoms with Crippen LogP contribution in [0, 0.1) is 30.9 Å². The molecule has 1 N–H and O–H groups in total. The summed E-state index contributed by atoms with van der Waals surface area (Å²) in [6.45, 7) is 8.38. The minimum absolute atomic E-state index is 0.0257. The molecule has 1 heterocycles. The molecule has 0 aliphatic heterocycles. The van der Waals surface area contributed by atoms with Gasteiger partial charge in [-0.1, -0.05) is 25.1 Å². The van der Waals surface area contributed by atoms with Crippen LogP contribution < -0.4 is 5.43 Å². The van der Waals surface area contributed by atoms with Gasteiger partial charge in [-0.25, -0.2) is 5.43 Å². The lowest BCUT2D eigenvalue weighted by Gasteiger charge is -2.17. The number of hydrazone groups is 1. The highest BCUT2D eigenvalue weighted by atomic mass is 32.2. The summed E-state index contributed by atoms with van der Waals surface area (Å²) in [6, 6.07) is 14.5. The van der Waals surface area contributed by atoms with Crippen molar-refractivity contribution >= 4 is 29.6 Å².